The molecule has 1 atom stereocenters. The van der Waals surface area contributed by atoms with Crippen LogP contribution in [0.4, 0.5) is 19.2 Å². The summed E-state index contributed by atoms with van der Waals surface area (Å²) in [4.78, 5) is 9.39. The van der Waals surface area contributed by atoms with Crippen molar-refractivity contribution < 1.29 is 17.6 Å². The van der Waals surface area contributed by atoms with Gasteiger partial charge in [0, 0.05) is 30.3 Å². The van der Waals surface area contributed by atoms with Crippen molar-refractivity contribution in [3.05, 3.63) is 59.3 Å². The molecule has 5 heterocycles. The number of fused-ring (bicyclic) bond motifs is 2. The summed E-state index contributed by atoms with van der Waals surface area (Å²) in [5.41, 5.74) is 0.905. The predicted molar refractivity (Wildman–Crippen MR) is 105 cm³/mol. The van der Waals surface area contributed by atoms with Gasteiger partial charge >= 0.3 is 12.2 Å². The lowest BCUT2D eigenvalue weighted by Crippen LogP contribution is -2.37. The van der Waals surface area contributed by atoms with E-state index in [1.165, 1.54) is 22.8 Å². The third-order valence-electron chi connectivity index (χ3n) is 5.33. The number of aromatic amines is 1. The van der Waals surface area contributed by atoms with Crippen molar-refractivity contribution >= 4 is 11.5 Å². The van der Waals surface area contributed by atoms with E-state index in [0.29, 0.717) is 30.2 Å². The molecule has 8 nitrogen and oxygen atoms in total. The number of rotatable bonds is 2. The summed E-state index contributed by atoms with van der Waals surface area (Å²) in [6.45, 7) is 6.41. The van der Waals surface area contributed by atoms with Gasteiger partial charge in [0.25, 0.3) is 0 Å². The fourth-order valence-corrected chi connectivity index (χ4v) is 3.82. The summed E-state index contributed by atoms with van der Waals surface area (Å²) in [7, 11) is 0. The van der Waals surface area contributed by atoms with Crippen LogP contribution < -0.4 is 4.90 Å². The Hall–Kier alpha value is -3.37. The molecule has 0 radical (unpaired) electrons. The number of pyridine rings is 1. The van der Waals surface area contributed by atoms with E-state index < -0.39 is 17.8 Å². The Balaban J connectivity index is 1.65. The summed E-state index contributed by atoms with van der Waals surface area (Å²) < 4.78 is 47.7. The first-order chi connectivity index (χ1) is 14.6. The van der Waals surface area contributed by atoms with Gasteiger partial charge in [-0.25, -0.2) is 9.50 Å². The average Bonchev–Trinajstić information content (AvgIpc) is 3.42. The van der Waals surface area contributed by atoms with E-state index in [4.69, 9.17) is 4.42 Å². The van der Waals surface area contributed by atoms with E-state index in [0.717, 1.165) is 11.8 Å². The van der Waals surface area contributed by atoms with Gasteiger partial charge in [-0.2, -0.15) is 18.3 Å². The van der Waals surface area contributed by atoms with Crippen LogP contribution in [0.2, 0.25) is 0 Å². The quantitative estimate of drug-likeness (QED) is 0.518. The zero-order valence-electron chi connectivity index (χ0n) is 17.1. The second kappa shape index (κ2) is 6.56. The average molecular weight is 431 g/mol. The number of imidazole rings is 1. The van der Waals surface area contributed by atoms with Crippen molar-refractivity contribution in [3.8, 4) is 0 Å². The smallest absolute Gasteiger partial charge is 0.407 e. The number of anilines is 1. The minimum absolute atomic E-state index is 0.0199. The Bertz CT molecular complexity index is 1250. The van der Waals surface area contributed by atoms with Gasteiger partial charge in [-0.3, -0.25) is 0 Å². The van der Waals surface area contributed by atoms with Crippen LogP contribution in [0.25, 0.3) is 5.52 Å². The molecule has 5 rings (SSSR count). The van der Waals surface area contributed by atoms with E-state index >= 15 is 0 Å². The highest BCUT2D eigenvalue weighted by Crippen LogP contribution is 2.39. The van der Waals surface area contributed by atoms with Crippen LogP contribution in [0, 0.1) is 0 Å². The maximum atomic E-state index is 13.5. The topological polar surface area (TPSA) is 88.1 Å². The number of H-pyrrole nitrogens is 1. The lowest BCUT2D eigenvalue weighted by atomic mass is 9.97. The molecule has 0 saturated heterocycles. The number of nitrogens with one attached hydrogen (secondary N) is 1. The maximum Gasteiger partial charge on any atom is 0.418 e. The summed E-state index contributed by atoms with van der Waals surface area (Å²) in [5.74, 6) is 0.475. The SMILES string of the molecule is CC(C)(C)c1nnc(N2CCc3[nH]cnc3C2c2cc3c(C(F)(F)F)cccn3n2)o1. The molecule has 1 aliphatic heterocycles. The fraction of sp³-hybridized carbons (Fsp3) is 0.400. The lowest BCUT2D eigenvalue weighted by Gasteiger charge is -2.32. The zero-order chi connectivity index (χ0) is 22.0. The van der Waals surface area contributed by atoms with Crippen molar-refractivity contribution in [2.24, 2.45) is 0 Å². The third-order valence-corrected chi connectivity index (χ3v) is 5.33. The Morgan fingerprint density at radius 3 is 2.71 bits per heavy atom. The molecule has 0 saturated carbocycles. The van der Waals surface area contributed by atoms with Gasteiger partial charge in [0.1, 0.15) is 6.04 Å². The number of alkyl halides is 3. The molecule has 0 spiro atoms. The molecule has 0 aromatic carbocycles. The van der Waals surface area contributed by atoms with Gasteiger partial charge in [0.15, 0.2) is 0 Å². The van der Waals surface area contributed by atoms with Gasteiger partial charge in [0.05, 0.1) is 28.8 Å². The highest BCUT2D eigenvalue weighted by atomic mass is 19.4. The minimum Gasteiger partial charge on any atom is -0.407 e. The van der Waals surface area contributed by atoms with Gasteiger partial charge in [-0.05, 0) is 18.2 Å². The van der Waals surface area contributed by atoms with Gasteiger partial charge in [-0.1, -0.05) is 25.9 Å². The van der Waals surface area contributed by atoms with Gasteiger partial charge in [0.2, 0.25) is 5.89 Å². The summed E-state index contributed by atoms with van der Waals surface area (Å²) >= 11 is 0. The first-order valence-corrected chi connectivity index (χ1v) is 9.81. The molecule has 31 heavy (non-hydrogen) atoms. The Labute approximate surface area is 175 Å². The van der Waals surface area contributed by atoms with Crippen LogP contribution in [-0.2, 0) is 18.0 Å². The van der Waals surface area contributed by atoms with Gasteiger partial charge in [-0.15, -0.1) is 5.10 Å². The Morgan fingerprint density at radius 1 is 1.19 bits per heavy atom. The summed E-state index contributed by atoms with van der Waals surface area (Å²) in [6.07, 6.45) is -0.762. The molecule has 1 aliphatic rings. The predicted octanol–water partition coefficient (Wildman–Crippen LogP) is 3.91. The first kappa shape index (κ1) is 19.6. The van der Waals surface area contributed by atoms with E-state index in [1.54, 1.807) is 6.33 Å². The van der Waals surface area contributed by atoms with Crippen molar-refractivity contribution in [1.82, 2.24) is 29.8 Å². The zero-order valence-corrected chi connectivity index (χ0v) is 17.1. The van der Waals surface area contributed by atoms with Crippen LogP contribution in [0.1, 0.15) is 55.3 Å². The Morgan fingerprint density at radius 2 is 2.00 bits per heavy atom. The third kappa shape index (κ3) is 3.24. The minimum atomic E-state index is -4.49. The maximum absolute atomic E-state index is 13.5. The number of halogens is 3. The monoisotopic (exact) mass is 431 g/mol. The number of hydrogen-bond donors (Lipinski definition) is 1. The van der Waals surface area contributed by atoms with Crippen LogP contribution in [0.5, 0.6) is 0 Å². The second-order valence-corrected chi connectivity index (χ2v) is 8.57. The highest BCUT2D eigenvalue weighted by molar-refractivity contribution is 5.58. The molecule has 1 unspecified atom stereocenters. The molecular weight excluding hydrogens is 411 g/mol. The fourth-order valence-electron chi connectivity index (χ4n) is 3.82. The first-order valence-electron chi connectivity index (χ1n) is 9.81. The number of aromatic nitrogens is 6. The molecule has 4 aromatic rings. The van der Waals surface area contributed by atoms with Crippen LogP contribution in [0.3, 0.4) is 0 Å². The molecule has 162 valence electrons. The Kier molecular flexibility index (Phi) is 4.15. The van der Waals surface area contributed by atoms with Crippen LogP contribution in [0.15, 0.2) is 35.1 Å². The van der Waals surface area contributed by atoms with E-state index in [2.05, 4.69) is 25.3 Å². The van der Waals surface area contributed by atoms with Crippen molar-refractivity contribution in [2.45, 2.75) is 44.8 Å². The number of nitrogens with zero attached hydrogens (tertiary/aromatic N) is 6. The molecule has 4 aromatic heterocycles. The summed E-state index contributed by atoms with van der Waals surface area (Å²) in [5, 5.41) is 12.8. The standard InChI is InChI=1S/C20H20F3N7O/c1-19(2,3)17-26-27-18(31-17)29-8-6-12-15(25-10-24-12)16(29)13-9-14-11(20(21,22)23)5-4-7-30(14)28-13/h4-5,7,9-10,16H,6,8H2,1-3H3,(H,24,25). The second-order valence-electron chi connectivity index (χ2n) is 8.57. The molecule has 0 amide bonds. The normalized spacial score (nSPS) is 17.4. The molecule has 0 fully saturated rings. The molecule has 0 aliphatic carbocycles. The van der Waals surface area contributed by atoms with E-state index in [-0.39, 0.29) is 16.9 Å². The van der Waals surface area contributed by atoms with Crippen molar-refractivity contribution in [3.63, 3.8) is 0 Å². The molecule has 0 bridgehead atoms. The van der Waals surface area contributed by atoms with Crippen molar-refractivity contribution in [2.75, 3.05) is 11.4 Å². The largest absolute Gasteiger partial charge is 0.418 e. The van der Waals surface area contributed by atoms with E-state index in [9.17, 15) is 13.2 Å². The van der Waals surface area contributed by atoms with E-state index in [1.807, 2.05) is 25.7 Å². The summed E-state index contributed by atoms with van der Waals surface area (Å²) in [6, 6.07) is 3.55. The van der Waals surface area contributed by atoms with Crippen LogP contribution in [-0.4, -0.2) is 36.3 Å². The van der Waals surface area contributed by atoms with Crippen LogP contribution >= 0.6 is 0 Å². The molecule has 1 N–H and O–H groups in total. The molecular formula is C20H20F3N7O. The molecule has 11 heteroatoms. The highest BCUT2D eigenvalue weighted by Gasteiger charge is 2.38. The number of hydrogen-bond acceptors (Lipinski definition) is 6. The lowest BCUT2D eigenvalue weighted by molar-refractivity contribution is -0.136. The van der Waals surface area contributed by atoms with Gasteiger partial charge < -0.3 is 14.3 Å². The van der Waals surface area contributed by atoms with Crippen molar-refractivity contribution in [1.29, 1.82) is 0 Å².